The van der Waals surface area contributed by atoms with Gasteiger partial charge in [-0.15, -0.1) is 0 Å². The zero-order valence-electron chi connectivity index (χ0n) is 8.86. The van der Waals surface area contributed by atoms with Gasteiger partial charge >= 0.3 is 6.18 Å². The van der Waals surface area contributed by atoms with Crippen LogP contribution in [0, 0.1) is 0 Å². The molecule has 1 aromatic carbocycles. The fourth-order valence-corrected chi connectivity index (χ4v) is 1.25. The van der Waals surface area contributed by atoms with Gasteiger partial charge in [-0.2, -0.15) is 13.2 Å². The highest BCUT2D eigenvalue weighted by Gasteiger charge is 2.30. The van der Waals surface area contributed by atoms with Crippen molar-refractivity contribution in [2.24, 2.45) is 0 Å². The standard InChI is InChI=1S/C10H14F3N3/c1-15-2-3-16-9-5-7(10(11,12)13)4-8(14)6-9/h4-6,15-16H,2-3,14H2,1H3. The van der Waals surface area contributed by atoms with Crippen molar-refractivity contribution in [2.75, 3.05) is 31.2 Å². The third kappa shape index (κ3) is 3.62. The van der Waals surface area contributed by atoms with Crippen LogP contribution in [0.1, 0.15) is 5.56 Å². The number of hydrogen-bond acceptors (Lipinski definition) is 3. The predicted octanol–water partition coefficient (Wildman–Crippen LogP) is 1.92. The van der Waals surface area contributed by atoms with Crippen LogP contribution in [0.15, 0.2) is 18.2 Å². The maximum Gasteiger partial charge on any atom is 0.416 e. The van der Waals surface area contributed by atoms with Crippen molar-refractivity contribution in [3.05, 3.63) is 23.8 Å². The van der Waals surface area contributed by atoms with Crippen LogP contribution in [0.25, 0.3) is 0 Å². The molecule has 4 N–H and O–H groups in total. The molecule has 0 amide bonds. The summed E-state index contributed by atoms with van der Waals surface area (Å²) in [5.41, 5.74) is 5.14. The predicted molar refractivity (Wildman–Crippen MR) is 58.3 cm³/mol. The number of halogens is 3. The molecule has 0 spiro atoms. The molecule has 0 aliphatic rings. The van der Waals surface area contributed by atoms with Crippen LogP contribution in [0.3, 0.4) is 0 Å². The lowest BCUT2D eigenvalue weighted by Crippen LogP contribution is -2.18. The minimum absolute atomic E-state index is 0.0989. The van der Waals surface area contributed by atoms with E-state index in [-0.39, 0.29) is 5.69 Å². The van der Waals surface area contributed by atoms with Crippen molar-refractivity contribution in [2.45, 2.75) is 6.18 Å². The Morgan fingerprint density at radius 1 is 1.19 bits per heavy atom. The molecule has 0 bridgehead atoms. The first-order chi connectivity index (χ1) is 7.43. The van der Waals surface area contributed by atoms with Crippen LogP contribution in [0.2, 0.25) is 0 Å². The molecule has 1 aromatic rings. The summed E-state index contributed by atoms with van der Waals surface area (Å²) < 4.78 is 37.3. The number of hydrogen-bond donors (Lipinski definition) is 3. The molecule has 6 heteroatoms. The molecule has 90 valence electrons. The van der Waals surface area contributed by atoms with Gasteiger partial charge in [0.1, 0.15) is 0 Å². The summed E-state index contributed by atoms with van der Waals surface area (Å²) in [5.74, 6) is 0. The van der Waals surface area contributed by atoms with E-state index in [1.807, 2.05) is 0 Å². The first-order valence-electron chi connectivity index (χ1n) is 4.79. The Kier molecular flexibility index (Phi) is 4.00. The topological polar surface area (TPSA) is 50.1 Å². The Labute approximate surface area is 91.8 Å². The van der Waals surface area contributed by atoms with E-state index in [4.69, 9.17) is 5.73 Å². The molecular formula is C10H14F3N3. The molecule has 0 fully saturated rings. The SMILES string of the molecule is CNCCNc1cc(N)cc(C(F)(F)F)c1. The van der Waals surface area contributed by atoms with Crippen molar-refractivity contribution in [1.82, 2.24) is 5.32 Å². The Bertz CT molecular complexity index is 350. The number of likely N-dealkylation sites (N-methyl/N-ethyl adjacent to an activating group) is 1. The lowest BCUT2D eigenvalue weighted by Gasteiger charge is -2.11. The number of nitrogens with one attached hydrogen (secondary N) is 2. The van der Waals surface area contributed by atoms with Gasteiger partial charge in [-0.25, -0.2) is 0 Å². The van der Waals surface area contributed by atoms with Gasteiger partial charge in [0.05, 0.1) is 5.56 Å². The largest absolute Gasteiger partial charge is 0.416 e. The van der Waals surface area contributed by atoms with E-state index in [1.54, 1.807) is 7.05 Å². The van der Waals surface area contributed by atoms with Gasteiger partial charge in [0.25, 0.3) is 0 Å². The average molecular weight is 233 g/mol. The van der Waals surface area contributed by atoms with Gasteiger partial charge in [0.2, 0.25) is 0 Å². The molecule has 0 heterocycles. The molecule has 3 nitrogen and oxygen atoms in total. The molecule has 0 atom stereocenters. The summed E-state index contributed by atoms with van der Waals surface area (Å²) in [4.78, 5) is 0. The Balaban J connectivity index is 2.82. The van der Waals surface area contributed by atoms with Crippen molar-refractivity contribution in [3.8, 4) is 0 Å². The van der Waals surface area contributed by atoms with Gasteiger partial charge in [-0.05, 0) is 25.2 Å². The lowest BCUT2D eigenvalue weighted by molar-refractivity contribution is -0.137. The van der Waals surface area contributed by atoms with Crippen LogP contribution >= 0.6 is 0 Å². The fraction of sp³-hybridized carbons (Fsp3) is 0.400. The van der Waals surface area contributed by atoms with E-state index in [9.17, 15) is 13.2 Å². The maximum absolute atomic E-state index is 12.4. The third-order valence-corrected chi connectivity index (χ3v) is 1.99. The second-order valence-corrected chi connectivity index (χ2v) is 3.37. The number of benzene rings is 1. The smallest absolute Gasteiger partial charge is 0.399 e. The minimum Gasteiger partial charge on any atom is -0.399 e. The third-order valence-electron chi connectivity index (χ3n) is 1.99. The van der Waals surface area contributed by atoms with Crippen LogP contribution in [0.5, 0.6) is 0 Å². The van der Waals surface area contributed by atoms with E-state index >= 15 is 0 Å². The highest BCUT2D eigenvalue weighted by molar-refractivity contribution is 5.57. The molecule has 0 saturated heterocycles. The summed E-state index contributed by atoms with van der Waals surface area (Å²) in [6, 6.07) is 3.44. The minimum atomic E-state index is -4.37. The second-order valence-electron chi connectivity index (χ2n) is 3.37. The van der Waals surface area contributed by atoms with Gasteiger partial charge in [0, 0.05) is 24.5 Å². The number of alkyl halides is 3. The molecule has 0 saturated carbocycles. The first-order valence-corrected chi connectivity index (χ1v) is 4.79. The van der Waals surface area contributed by atoms with Gasteiger partial charge in [-0.3, -0.25) is 0 Å². The molecule has 0 radical (unpaired) electrons. The maximum atomic E-state index is 12.4. The van der Waals surface area contributed by atoms with Gasteiger partial charge < -0.3 is 16.4 Å². The van der Waals surface area contributed by atoms with Gasteiger partial charge in [-0.1, -0.05) is 0 Å². The summed E-state index contributed by atoms with van der Waals surface area (Å²) >= 11 is 0. The number of nitrogens with two attached hydrogens (primary N) is 1. The van der Waals surface area contributed by atoms with E-state index in [0.29, 0.717) is 18.8 Å². The molecule has 16 heavy (non-hydrogen) atoms. The summed E-state index contributed by atoms with van der Waals surface area (Å²) in [5, 5.41) is 5.74. The molecule has 0 unspecified atom stereocenters. The highest BCUT2D eigenvalue weighted by Crippen LogP contribution is 2.32. The summed E-state index contributed by atoms with van der Waals surface area (Å²) in [7, 11) is 1.77. The zero-order chi connectivity index (χ0) is 12.2. The van der Waals surface area contributed by atoms with Crippen LogP contribution in [0.4, 0.5) is 24.5 Å². The lowest BCUT2D eigenvalue weighted by atomic mass is 10.1. The Morgan fingerprint density at radius 3 is 2.44 bits per heavy atom. The normalized spacial score (nSPS) is 11.5. The van der Waals surface area contributed by atoms with Crippen molar-refractivity contribution in [1.29, 1.82) is 0 Å². The van der Waals surface area contributed by atoms with Crippen molar-refractivity contribution >= 4 is 11.4 Å². The van der Waals surface area contributed by atoms with E-state index in [0.717, 1.165) is 12.1 Å². The molecule has 0 aromatic heterocycles. The van der Waals surface area contributed by atoms with Gasteiger partial charge in [0.15, 0.2) is 0 Å². The quantitative estimate of drug-likeness (QED) is 0.550. The molecule has 0 aliphatic carbocycles. The average Bonchev–Trinajstić information content (AvgIpc) is 2.16. The van der Waals surface area contributed by atoms with E-state index in [2.05, 4.69) is 10.6 Å². The molecular weight excluding hydrogens is 219 g/mol. The Hall–Kier alpha value is -1.43. The molecule has 1 rings (SSSR count). The monoisotopic (exact) mass is 233 g/mol. The zero-order valence-corrected chi connectivity index (χ0v) is 8.86. The van der Waals surface area contributed by atoms with Crippen LogP contribution in [-0.2, 0) is 6.18 Å². The van der Waals surface area contributed by atoms with E-state index in [1.165, 1.54) is 6.07 Å². The number of nitrogen functional groups attached to an aromatic ring is 1. The second kappa shape index (κ2) is 5.07. The fourth-order valence-electron chi connectivity index (χ4n) is 1.25. The summed E-state index contributed by atoms with van der Waals surface area (Å²) in [6.45, 7) is 1.20. The number of rotatable bonds is 4. The van der Waals surface area contributed by atoms with Crippen molar-refractivity contribution < 1.29 is 13.2 Å². The van der Waals surface area contributed by atoms with Crippen molar-refractivity contribution in [3.63, 3.8) is 0 Å². The first kappa shape index (κ1) is 12.6. The molecule has 0 aliphatic heterocycles. The highest BCUT2D eigenvalue weighted by atomic mass is 19.4. The van der Waals surface area contributed by atoms with Crippen LogP contribution in [-0.4, -0.2) is 20.1 Å². The Morgan fingerprint density at radius 2 is 1.88 bits per heavy atom. The summed E-state index contributed by atoms with van der Waals surface area (Å²) in [6.07, 6.45) is -4.37. The van der Waals surface area contributed by atoms with Crippen LogP contribution < -0.4 is 16.4 Å². The van der Waals surface area contributed by atoms with E-state index < -0.39 is 11.7 Å². The number of anilines is 2.